The number of rotatable bonds is 2. The van der Waals surface area contributed by atoms with E-state index < -0.39 is 5.82 Å². The molecule has 1 aromatic carbocycles. The first-order valence-electron chi connectivity index (χ1n) is 6.60. The number of hydrogen-bond acceptors (Lipinski definition) is 3. The largest absolute Gasteiger partial charge is 0.382 e. The quantitative estimate of drug-likeness (QED) is 0.905. The fourth-order valence-electron chi connectivity index (χ4n) is 2.84. The molecule has 0 aliphatic carbocycles. The zero-order valence-corrected chi connectivity index (χ0v) is 11.4. The van der Waals surface area contributed by atoms with Crippen molar-refractivity contribution in [3.63, 3.8) is 0 Å². The summed E-state index contributed by atoms with van der Waals surface area (Å²) in [6.07, 6.45) is 2.77. The van der Waals surface area contributed by atoms with E-state index in [0.29, 0.717) is 6.61 Å². The maximum Gasteiger partial charge on any atom is 0.143 e. The van der Waals surface area contributed by atoms with E-state index in [1.807, 2.05) is 0 Å². The second kappa shape index (κ2) is 5.27. The van der Waals surface area contributed by atoms with Gasteiger partial charge in [-0.25, -0.2) is 4.39 Å². The molecule has 0 bridgehead atoms. The van der Waals surface area contributed by atoms with E-state index >= 15 is 0 Å². The van der Waals surface area contributed by atoms with Gasteiger partial charge in [0.15, 0.2) is 0 Å². The van der Waals surface area contributed by atoms with Crippen molar-refractivity contribution in [3.05, 3.63) is 29.0 Å². The van der Waals surface area contributed by atoms with Crippen molar-refractivity contribution in [1.82, 2.24) is 0 Å². The minimum absolute atomic E-state index is 0.138. The molecule has 3 rings (SSSR count). The van der Waals surface area contributed by atoms with Crippen LogP contribution in [0.4, 0.5) is 10.1 Å². The molecule has 0 aromatic heterocycles. The Morgan fingerprint density at radius 3 is 3.00 bits per heavy atom. The van der Waals surface area contributed by atoms with Crippen LogP contribution in [0.1, 0.15) is 19.3 Å². The highest BCUT2D eigenvalue weighted by Gasteiger charge is 2.40. The Kier molecular flexibility index (Phi) is 3.65. The lowest BCUT2D eigenvalue weighted by Gasteiger charge is -2.37. The SMILES string of the molecule is Fc1cc(NC2CCOC3(CCOC3)C2)ccc1Cl. The van der Waals surface area contributed by atoms with E-state index in [9.17, 15) is 4.39 Å². The molecular weight excluding hydrogens is 269 g/mol. The molecule has 1 N–H and O–H groups in total. The second-order valence-electron chi connectivity index (χ2n) is 5.30. The van der Waals surface area contributed by atoms with Gasteiger partial charge in [-0.05, 0) is 31.0 Å². The Bertz CT molecular complexity index is 463. The van der Waals surface area contributed by atoms with Crippen LogP contribution in [0.5, 0.6) is 0 Å². The molecule has 104 valence electrons. The molecule has 2 atom stereocenters. The molecule has 1 aromatic rings. The highest BCUT2D eigenvalue weighted by molar-refractivity contribution is 6.30. The molecule has 2 heterocycles. The van der Waals surface area contributed by atoms with E-state index in [4.69, 9.17) is 21.1 Å². The molecule has 0 radical (unpaired) electrons. The Morgan fingerprint density at radius 2 is 2.26 bits per heavy atom. The van der Waals surface area contributed by atoms with Crippen LogP contribution in [0.15, 0.2) is 18.2 Å². The topological polar surface area (TPSA) is 30.5 Å². The lowest BCUT2D eigenvalue weighted by molar-refractivity contribution is -0.0828. The summed E-state index contributed by atoms with van der Waals surface area (Å²) in [7, 11) is 0. The van der Waals surface area contributed by atoms with Gasteiger partial charge in [-0.3, -0.25) is 0 Å². The van der Waals surface area contributed by atoms with Gasteiger partial charge in [0.1, 0.15) is 5.82 Å². The van der Waals surface area contributed by atoms with Crippen molar-refractivity contribution in [1.29, 1.82) is 0 Å². The van der Waals surface area contributed by atoms with Crippen LogP contribution in [0.2, 0.25) is 5.02 Å². The number of nitrogens with one attached hydrogen (secondary N) is 1. The Labute approximate surface area is 117 Å². The smallest absolute Gasteiger partial charge is 0.143 e. The maximum atomic E-state index is 13.4. The van der Waals surface area contributed by atoms with Crippen LogP contribution in [0.3, 0.4) is 0 Å². The number of halogens is 2. The highest BCUT2D eigenvalue weighted by Crippen LogP contribution is 2.34. The van der Waals surface area contributed by atoms with Crippen molar-refractivity contribution in [2.75, 3.05) is 25.1 Å². The molecule has 2 aliphatic rings. The van der Waals surface area contributed by atoms with Crippen LogP contribution in [-0.4, -0.2) is 31.5 Å². The predicted molar refractivity (Wildman–Crippen MR) is 72.2 cm³/mol. The van der Waals surface area contributed by atoms with E-state index in [-0.39, 0.29) is 16.7 Å². The van der Waals surface area contributed by atoms with Crippen LogP contribution < -0.4 is 5.32 Å². The van der Waals surface area contributed by atoms with E-state index in [1.54, 1.807) is 12.1 Å². The van der Waals surface area contributed by atoms with Gasteiger partial charge in [0.25, 0.3) is 0 Å². The van der Waals surface area contributed by atoms with Gasteiger partial charge >= 0.3 is 0 Å². The van der Waals surface area contributed by atoms with Gasteiger partial charge in [0, 0.05) is 31.4 Å². The first-order valence-corrected chi connectivity index (χ1v) is 6.98. The zero-order valence-electron chi connectivity index (χ0n) is 10.6. The summed E-state index contributed by atoms with van der Waals surface area (Å²) < 4.78 is 24.7. The Balaban J connectivity index is 1.67. The van der Waals surface area contributed by atoms with Gasteiger partial charge in [-0.2, -0.15) is 0 Å². The summed E-state index contributed by atoms with van der Waals surface area (Å²) in [5.41, 5.74) is 0.629. The standard InChI is InChI=1S/C14H17ClFNO2/c15-12-2-1-10(7-13(12)16)17-11-3-5-19-14(8-11)4-6-18-9-14/h1-2,7,11,17H,3-6,8-9H2. The van der Waals surface area contributed by atoms with Crippen molar-refractivity contribution < 1.29 is 13.9 Å². The first kappa shape index (κ1) is 13.2. The van der Waals surface area contributed by atoms with Crippen molar-refractivity contribution in [2.45, 2.75) is 30.9 Å². The number of anilines is 1. The average Bonchev–Trinajstić information content (AvgIpc) is 2.82. The van der Waals surface area contributed by atoms with Gasteiger partial charge in [0.05, 0.1) is 17.2 Å². The number of hydrogen-bond donors (Lipinski definition) is 1. The fraction of sp³-hybridized carbons (Fsp3) is 0.571. The molecule has 0 amide bonds. The van der Waals surface area contributed by atoms with E-state index in [1.165, 1.54) is 6.07 Å². The summed E-state index contributed by atoms with van der Waals surface area (Å²) in [5, 5.41) is 3.52. The molecular formula is C14H17ClFNO2. The molecule has 0 saturated carbocycles. The molecule has 19 heavy (non-hydrogen) atoms. The molecule has 3 nitrogen and oxygen atoms in total. The van der Waals surface area contributed by atoms with Crippen molar-refractivity contribution >= 4 is 17.3 Å². The Morgan fingerprint density at radius 1 is 1.37 bits per heavy atom. The molecule has 5 heteroatoms. The van der Waals surface area contributed by atoms with E-state index in [2.05, 4.69) is 5.32 Å². The Hall–Kier alpha value is -0.840. The lowest BCUT2D eigenvalue weighted by atomic mass is 9.89. The minimum Gasteiger partial charge on any atom is -0.382 e. The average molecular weight is 286 g/mol. The molecule has 2 fully saturated rings. The van der Waals surface area contributed by atoms with Crippen LogP contribution in [-0.2, 0) is 9.47 Å². The molecule has 2 aliphatic heterocycles. The van der Waals surface area contributed by atoms with Crippen molar-refractivity contribution in [2.24, 2.45) is 0 Å². The summed E-state index contributed by atoms with van der Waals surface area (Å²) >= 11 is 5.68. The van der Waals surface area contributed by atoms with Crippen LogP contribution in [0.25, 0.3) is 0 Å². The van der Waals surface area contributed by atoms with Crippen molar-refractivity contribution in [3.8, 4) is 0 Å². The number of benzene rings is 1. The third-order valence-electron chi connectivity index (χ3n) is 3.85. The van der Waals surface area contributed by atoms with Gasteiger partial charge in [-0.15, -0.1) is 0 Å². The second-order valence-corrected chi connectivity index (χ2v) is 5.70. The monoisotopic (exact) mass is 285 g/mol. The summed E-state index contributed by atoms with van der Waals surface area (Å²) in [6, 6.07) is 5.11. The van der Waals surface area contributed by atoms with Gasteiger partial charge in [0.2, 0.25) is 0 Å². The minimum atomic E-state index is -0.391. The molecule has 1 spiro atoms. The van der Waals surface area contributed by atoms with Gasteiger partial charge in [-0.1, -0.05) is 11.6 Å². The zero-order chi connectivity index (χ0) is 13.3. The highest BCUT2D eigenvalue weighted by atomic mass is 35.5. The fourth-order valence-corrected chi connectivity index (χ4v) is 2.95. The first-order chi connectivity index (χ1) is 9.17. The van der Waals surface area contributed by atoms with E-state index in [0.717, 1.165) is 38.2 Å². The predicted octanol–water partition coefficient (Wildman–Crippen LogP) is 3.23. The van der Waals surface area contributed by atoms with Crippen LogP contribution in [0, 0.1) is 5.82 Å². The maximum absolute atomic E-state index is 13.4. The van der Waals surface area contributed by atoms with Gasteiger partial charge < -0.3 is 14.8 Å². The third-order valence-corrected chi connectivity index (χ3v) is 4.16. The summed E-state index contributed by atoms with van der Waals surface area (Å²) in [6.45, 7) is 2.15. The third kappa shape index (κ3) is 2.86. The van der Waals surface area contributed by atoms with Crippen LogP contribution >= 0.6 is 11.6 Å². The normalized spacial score (nSPS) is 30.7. The summed E-state index contributed by atoms with van der Waals surface area (Å²) in [4.78, 5) is 0. The number of ether oxygens (including phenoxy) is 2. The molecule has 2 saturated heterocycles. The lowest BCUT2D eigenvalue weighted by Crippen LogP contribution is -2.44. The molecule has 2 unspecified atom stereocenters. The summed E-state index contributed by atoms with van der Waals surface area (Å²) in [5.74, 6) is -0.391.